The molecular weight excluding hydrogens is 166 g/mol. The fraction of sp³-hybridized carbons (Fsp3) is 0.900. The average molecular weight is 183 g/mol. The highest BCUT2D eigenvalue weighted by atomic mass is 16.3. The monoisotopic (exact) mass is 183 g/mol. The van der Waals surface area contributed by atoms with E-state index in [1.807, 2.05) is 0 Å². The molecule has 3 nitrogen and oxygen atoms in total. The molecule has 13 heavy (non-hydrogen) atoms. The number of rotatable bonds is 1. The van der Waals surface area contributed by atoms with Gasteiger partial charge in [-0.3, -0.25) is 4.79 Å². The lowest BCUT2D eigenvalue weighted by atomic mass is 9.72. The summed E-state index contributed by atoms with van der Waals surface area (Å²) in [6, 6.07) is 0. The van der Waals surface area contributed by atoms with Crippen molar-refractivity contribution in [2.45, 2.75) is 12.8 Å². The fourth-order valence-electron chi connectivity index (χ4n) is 2.84. The van der Waals surface area contributed by atoms with Gasteiger partial charge in [0.1, 0.15) is 5.78 Å². The number of Topliss-reactive ketones (excluding diaryl/α,β-unsaturated/α-hetero) is 1. The molecule has 0 aromatic carbocycles. The van der Waals surface area contributed by atoms with Crippen LogP contribution < -0.4 is 0 Å². The van der Waals surface area contributed by atoms with Crippen LogP contribution >= 0.6 is 0 Å². The van der Waals surface area contributed by atoms with Crippen LogP contribution in [0.2, 0.25) is 0 Å². The Balaban J connectivity index is 2.09. The largest absolute Gasteiger partial charge is 0.396 e. The number of hydrogen-bond acceptors (Lipinski definition) is 3. The summed E-state index contributed by atoms with van der Waals surface area (Å²) in [6.45, 7) is 2.04. The lowest BCUT2D eigenvalue weighted by Crippen LogP contribution is -2.48. The third-order valence-electron chi connectivity index (χ3n) is 3.36. The number of likely N-dealkylation sites (tertiary alicyclic amines) is 1. The van der Waals surface area contributed by atoms with Crippen molar-refractivity contribution in [3.63, 3.8) is 0 Å². The van der Waals surface area contributed by atoms with Crippen molar-refractivity contribution in [1.29, 1.82) is 0 Å². The molecule has 0 aromatic heterocycles. The van der Waals surface area contributed by atoms with Crippen LogP contribution in [0.3, 0.4) is 0 Å². The Kier molecular flexibility index (Phi) is 2.39. The SMILES string of the molecule is CN1CC2CC(CO)C(=O)C(C2)C1. The number of carbonyl (C=O) groups excluding carboxylic acids is 1. The van der Waals surface area contributed by atoms with Gasteiger partial charge in [-0.15, -0.1) is 0 Å². The van der Waals surface area contributed by atoms with Crippen LogP contribution in [0, 0.1) is 17.8 Å². The maximum atomic E-state index is 11.7. The molecule has 1 aliphatic heterocycles. The zero-order valence-electron chi connectivity index (χ0n) is 8.07. The van der Waals surface area contributed by atoms with Crippen molar-refractivity contribution in [2.24, 2.45) is 17.8 Å². The first-order valence-electron chi connectivity index (χ1n) is 5.04. The fourth-order valence-corrected chi connectivity index (χ4v) is 2.84. The zero-order valence-corrected chi connectivity index (χ0v) is 8.07. The zero-order chi connectivity index (χ0) is 9.42. The Morgan fingerprint density at radius 3 is 2.92 bits per heavy atom. The topological polar surface area (TPSA) is 40.5 Å². The molecule has 0 spiro atoms. The Labute approximate surface area is 78.7 Å². The number of aliphatic hydroxyl groups is 1. The summed E-state index contributed by atoms with van der Waals surface area (Å²) in [4.78, 5) is 14.0. The Morgan fingerprint density at radius 2 is 2.23 bits per heavy atom. The van der Waals surface area contributed by atoms with Gasteiger partial charge < -0.3 is 10.0 Å². The lowest BCUT2D eigenvalue weighted by Gasteiger charge is -2.41. The van der Waals surface area contributed by atoms with E-state index in [0.29, 0.717) is 11.7 Å². The van der Waals surface area contributed by atoms with E-state index in [2.05, 4.69) is 11.9 Å². The molecule has 1 aliphatic carbocycles. The van der Waals surface area contributed by atoms with Gasteiger partial charge in [-0.05, 0) is 25.8 Å². The first-order valence-corrected chi connectivity index (χ1v) is 5.04. The van der Waals surface area contributed by atoms with Crippen molar-refractivity contribution in [3.05, 3.63) is 0 Å². The van der Waals surface area contributed by atoms with Gasteiger partial charge in [-0.2, -0.15) is 0 Å². The van der Waals surface area contributed by atoms with Crippen LogP contribution in [0.5, 0.6) is 0 Å². The minimum atomic E-state index is -0.0579. The van der Waals surface area contributed by atoms with E-state index in [0.717, 1.165) is 25.9 Å². The van der Waals surface area contributed by atoms with E-state index in [1.165, 1.54) is 0 Å². The van der Waals surface area contributed by atoms with Gasteiger partial charge in [0, 0.05) is 24.9 Å². The van der Waals surface area contributed by atoms with Gasteiger partial charge in [0.2, 0.25) is 0 Å². The minimum absolute atomic E-state index is 0.0511. The molecule has 1 saturated carbocycles. The predicted molar refractivity (Wildman–Crippen MR) is 49.3 cm³/mol. The Bertz CT molecular complexity index is 215. The minimum Gasteiger partial charge on any atom is -0.396 e. The van der Waals surface area contributed by atoms with Gasteiger partial charge in [0.05, 0.1) is 6.61 Å². The number of aliphatic hydroxyl groups excluding tert-OH is 1. The molecule has 1 heterocycles. The second-order valence-electron chi connectivity index (χ2n) is 4.54. The molecule has 3 atom stereocenters. The Morgan fingerprint density at radius 1 is 1.46 bits per heavy atom. The van der Waals surface area contributed by atoms with Gasteiger partial charge in [-0.25, -0.2) is 0 Å². The van der Waals surface area contributed by atoms with Crippen LogP contribution in [0.25, 0.3) is 0 Å². The van der Waals surface area contributed by atoms with Gasteiger partial charge >= 0.3 is 0 Å². The summed E-state index contributed by atoms with van der Waals surface area (Å²) in [5, 5.41) is 9.05. The summed E-state index contributed by atoms with van der Waals surface area (Å²) in [5.74, 6) is 1.08. The van der Waals surface area contributed by atoms with Crippen molar-refractivity contribution in [1.82, 2.24) is 4.90 Å². The molecule has 0 aromatic rings. The van der Waals surface area contributed by atoms with E-state index in [9.17, 15) is 4.79 Å². The van der Waals surface area contributed by atoms with Crippen LogP contribution in [0.1, 0.15) is 12.8 Å². The van der Waals surface area contributed by atoms with E-state index < -0.39 is 0 Å². The maximum Gasteiger partial charge on any atom is 0.142 e. The first kappa shape index (κ1) is 9.16. The summed E-state index contributed by atoms with van der Waals surface area (Å²) >= 11 is 0. The molecule has 2 bridgehead atoms. The Hall–Kier alpha value is -0.410. The van der Waals surface area contributed by atoms with Crippen LogP contribution in [0.15, 0.2) is 0 Å². The maximum absolute atomic E-state index is 11.7. The number of piperidine rings is 1. The molecule has 74 valence electrons. The van der Waals surface area contributed by atoms with Crippen LogP contribution in [0.4, 0.5) is 0 Å². The summed E-state index contributed by atoms with van der Waals surface area (Å²) in [7, 11) is 2.08. The number of nitrogens with zero attached hydrogens (tertiary/aromatic N) is 1. The lowest BCUT2D eigenvalue weighted by molar-refractivity contribution is -0.135. The van der Waals surface area contributed by atoms with E-state index in [1.54, 1.807) is 0 Å². The second kappa shape index (κ2) is 3.39. The molecule has 2 fully saturated rings. The van der Waals surface area contributed by atoms with E-state index >= 15 is 0 Å². The summed E-state index contributed by atoms with van der Waals surface area (Å²) in [6.07, 6.45) is 1.95. The summed E-state index contributed by atoms with van der Waals surface area (Å²) in [5.41, 5.74) is 0. The molecular formula is C10H17NO2. The predicted octanol–water partition coefficient (Wildman–Crippen LogP) is 0.136. The average Bonchev–Trinajstić information content (AvgIpc) is 2.10. The summed E-state index contributed by atoms with van der Waals surface area (Å²) < 4.78 is 0. The van der Waals surface area contributed by atoms with Crippen molar-refractivity contribution >= 4 is 5.78 Å². The van der Waals surface area contributed by atoms with Crippen LogP contribution in [-0.4, -0.2) is 42.5 Å². The molecule has 0 radical (unpaired) electrons. The molecule has 3 unspecified atom stereocenters. The molecule has 3 heteroatoms. The third-order valence-corrected chi connectivity index (χ3v) is 3.36. The number of carbonyl (C=O) groups is 1. The molecule has 0 amide bonds. The molecule has 1 N–H and O–H groups in total. The number of ketones is 1. The third kappa shape index (κ3) is 1.63. The van der Waals surface area contributed by atoms with Crippen molar-refractivity contribution in [3.8, 4) is 0 Å². The van der Waals surface area contributed by atoms with Crippen molar-refractivity contribution in [2.75, 3.05) is 26.7 Å². The highest BCUT2D eigenvalue weighted by Gasteiger charge is 2.39. The number of hydrogen-bond donors (Lipinski definition) is 1. The van der Waals surface area contributed by atoms with E-state index in [4.69, 9.17) is 5.11 Å². The van der Waals surface area contributed by atoms with Gasteiger partial charge in [0.15, 0.2) is 0 Å². The quantitative estimate of drug-likeness (QED) is 0.628. The van der Waals surface area contributed by atoms with Gasteiger partial charge in [0.25, 0.3) is 0 Å². The smallest absolute Gasteiger partial charge is 0.142 e. The molecule has 2 rings (SSSR count). The highest BCUT2D eigenvalue weighted by molar-refractivity contribution is 5.84. The molecule has 2 aliphatic rings. The highest BCUT2D eigenvalue weighted by Crippen LogP contribution is 2.34. The molecule has 1 saturated heterocycles. The normalized spacial score (nSPS) is 40.8. The van der Waals surface area contributed by atoms with Crippen LogP contribution in [-0.2, 0) is 4.79 Å². The standard InChI is InChI=1S/C10H17NO2/c1-11-4-7-2-8(5-11)10(13)9(3-7)6-12/h7-9,12H,2-6H2,1H3. The van der Waals surface area contributed by atoms with E-state index in [-0.39, 0.29) is 18.4 Å². The van der Waals surface area contributed by atoms with Crippen molar-refractivity contribution < 1.29 is 9.90 Å². The first-order chi connectivity index (χ1) is 6.20. The van der Waals surface area contributed by atoms with Gasteiger partial charge in [-0.1, -0.05) is 0 Å². The second-order valence-corrected chi connectivity index (χ2v) is 4.54. The number of fused-ring (bicyclic) bond motifs is 2.